The highest BCUT2D eigenvalue weighted by Gasteiger charge is 2.24. The number of anilines is 1. The molecule has 18 heavy (non-hydrogen) atoms. The molecule has 1 amide bonds. The topological polar surface area (TPSA) is 49.3 Å². The molecule has 0 aromatic heterocycles. The Morgan fingerprint density at radius 3 is 2.61 bits per heavy atom. The van der Waals surface area contributed by atoms with Gasteiger partial charge in [-0.05, 0) is 43.7 Å². The molecule has 0 bridgehead atoms. The lowest BCUT2D eigenvalue weighted by atomic mass is 9.82. The lowest BCUT2D eigenvalue weighted by molar-refractivity contribution is -0.121. The number of phenols is 1. The fourth-order valence-corrected chi connectivity index (χ4v) is 2.58. The monoisotopic (exact) mass is 267 g/mol. The van der Waals surface area contributed by atoms with E-state index in [9.17, 15) is 9.90 Å². The van der Waals surface area contributed by atoms with Gasteiger partial charge in [-0.15, -0.1) is 0 Å². The third kappa shape index (κ3) is 3.16. The summed E-state index contributed by atoms with van der Waals surface area (Å²) in [7, 11) is 0. The van der Waals surface area contributed by atoms with Gasteiger partial charge >= 0.3 is 0 Å². The molecule has 1 aliphatic carbocycles. The molecule has 1 aromatic carbocycles. The van der Waals surface area contributed by atoms with Crippen LogP contribution in [-0.2, 0) is 4.79 Å². The number of carbonyl (C=O) groups excluding carboxylic acids is 1. The number of hydrogen-bond donors (Lipinski definition) is 2. The first-order valence-electron chi connectivity index (χ1n) is 6.35. The van der Waals surface area contributed by atoms with Gasteiger partial charge in [0.05, 0.1) is 10.7 Å². The molecule has 0 unspecified atom stereocenters. The standard InChI is InChI=1S/C14H18ClNO2/c1-9-2-4-10(5-3-9)14(18)16-13-7-6-11(17)8-12(13)15/h6-10,17H,2-5H2,1H3,(H,16,18). The predicted octanol–water partition coefficient (Wildman–Crippen LogP) is 3.81. The number of amides is 1. The van der Waals surface area contributed by atoms with Gasteiger partial charge in [-0.2, -0.15) is 0 Å². The maximum atomic E-state index is 12.1. The predicted molar refractivity (Wildman–Crippen MR) is 72.9 cm³/mol. The van der Waals surface area contributed by atoms with E-state index >= 15 is 0 Å². The van der Waals surface area contributed by atoms with E-state index in [2.05, 4.69) is 12.2 Å². The van der Waals surface area contributed by atoms with E-state index in [1.54, 1.807) is 6.07 Å². The zero-order valence-electron chi connectivity index (χ0n) is 10.4. The average molecular weight is 268 g/mol. The molecule has 98 valence electrons. The Bertz CT molecular complexity index is 439. The molecule has 2 rings (SSSR count). The second kappa shape index (κ2) is 5.61. The molecule has 0 heterocycles. The number of phenolic OH excluding ortho intramolecular Hbond substituents is 1. The highest BCUT2D eigenvalue weighted by molar-refractivity contribution is 6.33. The van der Waals surface area contributed by atoms with Gasteiger partial charge in [0.15, 0.2) is 0 Å². The quantitative estimate of drug-likeness (QED) is 0.801. The van der Waals surface area contributed by atoms with E-state index in [4.69, 9.17) is 11.6 Å². The molecule has 1 aromatic rings. The minimum atomic E-state index is 0.0366. The molecule has 3 nitrogen and oxygen atoms in total. The largest absolute Gasteiger partial charge is 0.508 e. The smallest absolute Gasteiger partial charge is 0.227 e. The summed E-state index contributed by atoms with van der Waals surface area (Å²) < 4.78 is 0. The molecule has 1 saturated carbocycles. The van der Waals surface area contributed by atoms with Crippen molar-refractivity contribution in [2.75, 3.05) is 5.32 Å². The summed E-state index contributed by atoms with van der Waals surface area (Å²) in [6.07, 6.45) is 4.12. The third-order valence-electron chi connectivity index (χ3n) is 3.60. The van der Waals surface area contributed by atoms with Crippen molar-refractivity contribution in [3.8, 4) is 5.75 Å². The molecule has 2 N–H and O–H groups in total. The fraction of sp³-hybridized carbons (Fsp3) is 0.500. The van der Waals surface area contributed by atoms with Crippen LogP contribution in [0, 0.1) is 11.8 Å². The van der Waals surface area contributed by atoms with Gasteiger partial charge in [-0.3, -0.25) is 4.79 Å². The Labute approximate surface area is 112 Å². The summed E-state index contributed by atoms with van der Waals surface area (Å²) in [6, 6.07) is 4.57. The normalized spacial score (nSPS) is 23.7. The molecule has 1 aliphatic rings. The molecular formula is C14H18ClNO2. The number of aromatic hydroxyl groups is 1. The Morgan fingerprint density at radius 2 is 2.00 bits per heavy atom. The number of carbonyl (C=O) groups is 1. The molecule has 0 spiro atoms. The van der Waals surface area contributed by atoms with Crippen molar-refractivity contribution in [1.82, 2.24) is 0 Å². The van der Waals surface area contributed by atoms with Crippen molar-refractivity contribution < 1.29 is 9.90 Å². The van der Waals surface area contributed by atoms with Crippen LogP contribution in [0.3, 0.4) is 0 Å². The average Bonchev–Trinajstić information content (AvgIpc) is 2.33. The van der Waals surface area contributed by atoms with Gasteiger partial charge in [0.1, 0.15) is 5.75 Å². The summed E-state index contributed by atoms with van der Waals surface area (Å²) in [5, 5.41) is 12.5. The lowest BCUT2D eigenvalue weighted by Gasteiger charge is -2.25. The minimum Gasteiger partial charge on any atom is -0.508 e. The van der Waals surface area contributed by atoms with Crippen molar-refractivity contribution >= 4 is 23.2 Å². The number of benzene rings is 1. The Morgan fingerprint density at radius 1 is 1.33 bits per heavy atom. The van der Waals surface area contributed by atoms with Gasteiger partial charge in [0.25, 0.3) is 0 Å². The highest BCUT2D eigenvalue weighted by atomic mass is 35.5. The lowest BCUT2D eigenvalue weighted by Crippen LogP contribution is -2.26. The number of hydrogen-bond acceptors (Lipinski definition) is 2. The van der Waals surface area contributed by atoms with Crippen LogP contribution in [0.4, 0.5) is 5.69 Å². The van der Waals surface area contributed by atoms with Crippen LogP contribution in [0.15, 0.2) is 18.2 Å². The van der Waals surface area contributed by atoms with Crippen LogP contribution < -0.4 is 5.32 Å². The SMILES string of the molecule is CC1CCC(C(=O)Nc2ccc(O)cc2Cl)CC1. The summed E-state index contributed by atoms with van der Waals surface area (Å²) in [5.74, 6) is 0.955. The summed E-state index contributed by atoms with van der Waals surface area (Å²) in [4.78, 5) is 12.1. The number of halogens is 1. The molecule has 0 aliphatic heterocycles. The van der Waals surface area contributed by atoms with Crippen LogP contribution in [0.2, 0.25) is 5.02 Å². The van der Waals surface area contributed by atoms with Crippen molar-refractivity contribution in [2.45, 2.75) is 32.6 Å². The minimum absolute atomic E-state index is 0.0366. The third-order valence-corrected chi connectivity index (χ3v) is 3.91. The van der Waals surface area contributed by atoms with E-state index in [0.29, 0.717) is 10.7 Å². The first-order valence-corrected chi connectivity index (χ1v) is 6.73. The Kier molecular flexibility index (Phi) is 4.12. The van der Waals surface area contributed by atoms with Crippen LogP contribution >= 0.6 is 11.6 Å². The van der Waals surface area contributed by atoms with E-state index in [1.165, 1.54) is 12.1 Å². The van der Waals surface area contributed by atoms with Crippen LogP contribution in [0.25, 0.3) is 0 Å². The van der Waals surface area contributed by atoms with Crippen LogP contribution in [0.5, 0.6) is 5.75 Å². The molecule has 4 heteroatoms. The van der Waals surface area contributed by atoms with Crippen molar-refractivity contribution in [2.24, 2.45) is 11.8 Å². The van der Waals surface area contributed by atoms with Gasteiger partial charge in [0, 0.05) is 12.0 Å². The highest BCUT2D eigenvalue weighted by Crippen LogP contribution is 2.31. The van der Waals surface area contributed by atoms with Gasteiger partial charge in [0.2, 0.25) is 5.91 Å². The zero-order valence-corrected chi connectivity index (χ0v) is 11.2. The van der Waals surface area contributed by atoms with E-state index in [-0.39, 0.29) is 17.6 Å². The Balaban J connectivity index is 1.98. The molecule has 0 radical (unpaired) electrons. The van der Waals surface area contributed by atoms with Gasteiger partial charge < -0.3 is 10.4 Å². The van der Waals surface area contributed by atoms with Crippen molar-refractivity contribution in [3.63, 3.8) is 0 Å². The second-order valence-electron chi connectivity index (χ2n) is 5.11. The number of nitrogens with one attached hydrogen (secondary N) is 1. The van der Waals surface area contributed by atoms with Gasteiger partial charge in [-0.1, -0.05) is 18.5 Å². The van der Waals surface area contributed by atoms with E-state index in [1.807, 2.05) is 0 Å². The van der Waals surface area contributed by atoms with E-state index < -0.39 is 0 Å². The van der Waals surface area contributed by atoms with Crippen molar-refractivity contribution in [1.29, 1.82) is 0 Å². The van der Waals surface area contributed by atoms with Crippen LogP contribution in [0.1, 0.15) is 32.6 Å². The number of rotatable bonds is 2. The van der Waals surface area contributed by atoms with E-state index in [0.717, 1.165) is 31.6 Å². The summed E-state index contributed by atoms with van der Waals surface area (Å²) >= 11 is 5.96. The molecule has 0 saturated heterocycles. The first kappa shape index (κ1) is 13.2. The van der Waals surface area contributed by atoms with Crippen molar-refractivity contribution in [3.05, 3.63) is 23.2 Å². The maximum Gasteiger partial charge on any atom is 0.227 e. The second-order valence-corrected chi connectivity index (χ2v) is 5.52. The van der Waals surface area contributed by atoms with Gasteiger partial charge in [-0.25, -0.2) is 0 Å². The molecule has 1 fully saturated rings. The zero-order chi connectivity index (χ0) is 13.1. The maximum absolute atomic E-state index is 12.1. The fourth-order valence-electron chi connectivity index (χ4n) is 2.36. The molecular weight excluding hydrogens is 250 g/mol. The first-order chi connectivity index (χ1) is 8.56. The summed E-state index contributed by atoms with van der Waals surface area (Å²) in [5.41, 5.74) is 0.568. The van der Waals surface area contributed by atoms with Crippen LogP contribution in [-0.4, -0.2) is 11.0 Å². The summed E-state index contributed by atoms with van der Waals surface area (Å²) in [6.45, 7) is 2.23. The Hall–Kier alpha value is -1.22. The molecule has 0 atom stereocenters.